The molecule has 3 aromatic carbocycles. The third-order valence-electron chi connectivity index (χ3n) is 19.9. The first-order valence-corrected chi connectivity index (χ1v) is 40.5. The molecule has 6 rings (SSSR count). The Balaban J connectivity index is 0.00000105. The molecule has 120 heavy (non-hydrogen) atoms. The molecule has 12 amide bonds. The molecule has 40 heteroatoms. The summed E-state index contributed by atoms with van der Waals surface area (Å²) in [6.07, 6.45) is 0.346. The summed E-state index contributed by atoms with van der Waals surface area (Å²) in [7, 11) is 0. The van der Waals surface area contributed by atoms with Gasteiger partial charge in [0.15, 0.2) is 0 Å². The summed E-state index contributed by atoms with van der Waals surface area (Å²) in [4.78, 5) is 228. The first kappa shape index (κ1) is 98.5. The highest BCUT2D eigenvalue weighted by Gasteiger charge is 2.40. The summed E-state index contributed by atoms with van der Waals surface area (Å²) in [5.41, 5.74) is 19.4. The molecular formula is C80H113N17O22S. The van der Waals surface area contributed by atoms with Gasteiger partial charge in [-0.2, -0.15) is 0 Å². The summed E-state index contributed by atoms with van der Waals surface area (Å²) < 4.78 is 0. The van der Waals surface area contributed by atoms with Crippen LogP contribution in [0.3, 0.4) is 0 Å². The van der Waals surface area contributed by atoms with Gasteiger partial charge in [-0.25, -0.2) is 14.6 Å². The van der Waals surface area contributed by atoms with Crippen LogP contribution in [-0.4, -0.2) is 232 Å². The van der Waals surface area contributed by atoms with E-state index in [2.05, 4.69) is 73.4 Å². The molecule has 4 aromatic rings. The summed E-state index contributed by atoms with van der Waals surface area (Å²) in [5.74, 6) is -18.6. The van der Waals surface area contributed by atoms with Crippen LogP contribution in [0.25, 0.3) is 0 Å². The first-order chi connectivity index (χ1) is 56.7. The number of aromatic amines is 1. The molecule has 656 valence electrons. The van der Waals surface area contributed by atoms with Crippen molar-refractivity contribution in [1.29, 1.82) is 0 Å². The topological polar surface area (TPSA) is 646 Å². The molecule has 2 aliphatic heterocycles. The minimum absolute atomic E-state index is 0.000511. The van der Waals surface area contributed by atoms with Gasteiger partial charge in [-0.05, 0) is 123 Å². The number of aliphatic imine (C=N–C) groups is 1. The number of carboxylic acid groups (broad SMARTS) is 4. The number of nitrogens with zero attached hydrogens (tertiary/aromatic N) is 2. The van der Waals surface area contributed by atoms with Gasteiger partial charge in [-0.15, -0.1) is 11.8 Å². The Bertz CT molecular complexity index is 4220. The summed E-state index contributed by atoms with van der Waals surface area (Å²) >= 11 is 1.35. The highest BCUT2D eigenvalue weighted by atomic mass is 32.2. The van der Waals surface area contributed by atoms with Crippen molar-refractivity contribution in [2.45, 2.75) is 224 Å². The van der Waals surface area contributed by atoms with E-state index >= 15 is 0 Å². The Morgan fingerprint density at radius 1 is 0.600 bits per heavy atom. The van der Waals surface area contributed by atoms with Crippen molar-refractivity contribution in [2.24, 2.45) is 45.9 Å². The first-order valence-electron chi connectivity index (χ1n) is 39.5. The molecule has 0 spiro atoms. The fourth-order valence-corrected chi connectivity index (χ4v) is 13.8. The molecule has 1 saturated heterocycles. The van der Waals surface area contributed by atoms with Crippen LogP contribution in [0, 0.1) is 23.7 Å². The molecule has 0 bridgehead atoms. The van der Waals surface area contributed by atoms with Gasteiger partial charge < -0.3 is 111 Å². The number of benzene rings is 3. The smallest absolute Gasteiger partial charge is 0.339 e. The number of carbonyl (C=O) groups excluding carboxylic acids is 12. The SMILES string of the molecule is CC[C@H](C)[C@H](N)C1=N[C@H](C(=O)N[C@@H](CC(C)C)C(=O)N[C@H](CCC(=O)O)C(=O)N[C@H](C(=O)N[C@H]2CCCCNC(=O)[C@H](CC(N)=O)NC(=O)[C@@H](CC(=O)O)NC(=O)[C@H](Cc3cnc[nH]3)NC(=O)[C@@H](Cc3ccccc3)NC(=O)[C@H](C(C)C)NC(=O)[C@@H](CCCN)NC2=O)[C@@H](C)CC)CS1.O=C(O)c1cc(Cc2ccc(O)c(C(=O)O)c2)ccc1O. The van der Waals surface area contributed by atoms with Crippen LogP contribution in [0.4, 0.5) is 0 Å². The molecule has 1 aromatic heterocycles. The molecular weight excluding hydrogens is 1580 g/mol. The third-order valence-corrected chi connectivity index (χ3v) is 21.1. The number of nitrogens with two attached hydrogens (primary N) is 3. The summed E-state index contributed by atoms with van der Waals surface area (Å²) in [6.45, 7) is 13.9. The van der Waals surface area contributed by atoms with Crippen LogP contribution in [0.1, 0.15) is 176 Å². The largest absolute Gasteiger partial charge is 0.507 e. The number of phenols is 2. The number of hydrogen-bond donors (Lipinski definition) is 21. The molecule has 3 heterocycles. The van der Waals surface area contributed by atoms with Crippen LogP contribution in [0.15, 0.2) is 84.2 Å². The van der Waals surface area contributed by atoms with E-state index in [-0.39, 0.29) is 118 Å². The van der Waals surface area contributed by atoms with Crippen LogP contribution in [0.5, 0.6) is 11.5 Å². The maximum absolute atomic E-state index is 14.8. The number of carbonyl (C=O) groups is 16. The lowest BCUT2D eigenvalue weighted by Crippen LogP contribution is -2.62. The molecule has 14 atom stereocenters. The van der Waals surface area contributed by atoms with E-state index in [4.69, 9.17) is 27.4 Å². The van der Waals surface area contributed by atoms with E-state index in [1.54, 1.807) is 70.2 Å². The van der Waals surface area contributed by atoms with E-state index in [1.807, 2.05) is 27.7 Å². The van der Waals surface area contributed by atoms with Gasteiger partial charge in [-0.1, -0.05) is 111 Å². The van der Waals surface area contributed by atoms with Gasteiger partial charge in [0.05, 0.1) is 30.3 Å². The number of carboxylic acids is 4. The highest BCUT2D eigenvalue weighted by Crippen LogP contribution is 2.27. The van der Waals surface area contributed by atoms with Gasteiger partial charge in [0, 0.05) is 43.5 Å². The Morgan fingerprint density at radius 3 is 1.70 bits per heavy atom. The predicted octanol–water partition coefficient (Wildman–Crippen LogP) is 0.0173. The minimum Gasteiger partial charge on any atom is -0.507 e. The second-order valence-electron chi connectivity index (χ2n) is 30.3. The molecule has 0 unspecified atom stereocenters. The van der Waals surface area contributed by atoms with Crippen molar-refractivity contribution in [3.05, 3.63) is 113 Å². The maximum Gasteiger partial charge on any atom is 0.339 e. The number of thioether (sulfide) groups is 1. The Morgan fingerprint density at radius 2 is 1.16 bits per heavy atom. The van der Waals surface area contributed by atoms with E-state index in [0.29, 0.717) is 27.4 Å². The number of H-pyrrole nitrogens is 1. The molecule has 0 radical (unpaired) electrons. The number of hydrogen-bond acceptors (Lipinski definition) is 23. The van der Waals surface area contributed by atoms with Gasteiger partial charge in [-0.3, -0.25) is 72.1 Å². The number of imidazole rings is 1. The number of amides is 12. The fraction of sp³-hybridized carbons (Fsp3) is 0.525. The number of rotatable bonds is 34. The minimum atomic E-state index is -1.94. The maximum atomic E-state index is 14.8. The number of aromatic nitrogens is 2. The summed E-state index contributed by atoms with van der Waals surface area (Å²) in [6, 6.07) is -0.0791. The van der Waals surface area contributed by atoms with Gasteiger partial charge in [0.25, 0.3) is 0 Å². The van der Waals surface area contributed by atoms with Crippen molar-refractivity contribution < 1.29 is 107 Å². The predicted molar refractivity (Wildman–Crippen MR) is 438 cm³/mol. The molecule has 2 aliphatic rings. The standard InChI is InChI=1S/C65H101N17O16S.C15H12O6/c1-9-35(7)51(68)65-80-47(31-99-65)62(96)75-42(25-33(3)4)58(92)73-41(21-22-49(84)85)57(91)82-53(36(8)10-2)64(98)74-39-19-14-15-24-70-54(88)45(28-48(67)83)77-61(95)46(29-50(86)87)78-60(94)44(27-38-30-69-32-71-38)76-59(93)43(26-37-17-12-11-13-18-37)79-63(97)52(34(5)6)81-56(90)40(20-16-23-66)72-55(39)89;16-12-3-1-8(6-10(12)14(18)19)5-9-2-4-13(17)11(7-9)15(20)21/h11-13,17-18,30,32-36,39-47,51-53H,9-10,14-16,19-29,31,66,68H2,1-8H3,(H2,67,83)(H,69,71)(H,70,88)(H,72,89)(H,73,92)(H,74,98)(H,75,96)(H,76,93)(H,77,95)(H,78,94)(H,79,97)(H,81,90)(H,82,91)(H,84,85)(H,86,87);1-4,6-7,16-17H,5H2,(H,18,19)(H,20,21)/t35-,36-,39-,40+,41+,42-,43+,44-,45-,46+,47-,51-,52-,53-;/m0./s1. The van der Waals surface area contributed by atoms with Crippen LogP contribution >= 0.6 is 11.8 Å². The number of aromatic hydroxyl groups is 2. The molecule has 39 nitrogen and oxygen atoms in total. The fourth-order valence-electron chi connectivity index (χ4n) is 12.7. The third kappa shape index (κ3) is 32.0. The zero-order valence-corrected chi connectivity index (χ0v) is 69.0. The van der Waals surface area contributed by atoms with Crippen LogP contribution < -0.4 is 75.7 Å². The molecule has 24 N–H and O–H groups in total. The van der Waals surface area contributed by atoms with Gasteiger partial charge in [0.2, 0.25) is 70.9 Å². The van der Waals surface area contributed by atoms with E-state index in [0.717, 1.165) is 6.42 Å². The second kappa shape index (κ2) is 48.7. The molecule has 0 saturated carbocycles. The van der Waals surface area contributed by atoms with Gasteiger partial charge >= 0.3 is 23.9 Å². The van der Waals surface area contributed by atoms with Crippen LogP contribution in [-0.2, 0) is 86.4 Å². The van der Waals surface area contributed by atoms with E-state index in [9.17, 15) is 97.1 Å². The van der Waals surface area contributed by atoms with E-state index < -0.39 is 205 Å². The Kier molecular flexibility index (Phi) is 40.0. The zero-order chi connectivity index (χ0) is 89.2. The summed E-state index contributed by atoms with van der Waals surface area (Å²) in [5, 5.41) is 85.6. The van der Waals surface area contributed by atoms with Crippen molar-refractivity contribution in [3.63, 3.8) is 0 Å². The lowest BCUT2D eigenvalue weighted by Gasteiger charge is -2.30. The number of primary amides is 1. The van der Waals surface area contributed by atoms with Gasteiger partial charge in [0.1, 0.15) is 89.1 Å². The Hall–Kier alpha value is -12.1. The van der Waals surface area contributed by atoms with Crippen molar-refractivity contribution >= 4 is 112 Å². The highest BCUT2D eigenvalue weighted by molar-refractivity contribution is 8.14. The lowest BCUT2D eigenvalue weighted by atomic mass is 9.96. The number of aromatic carboxylic acids is 2. The average molecular weight is 1700 g/mol. The Labute approximate surface area is 697 Å². The molecule has 0 aliphatic carbocycles. The average Bonchev–Trinajstić information content (AvgIpc) is 1.48. The van der Waals surface area contributed by atoms with Crippen molar-refractivity contribution in [1.82, 2.24) is 68.5 Å². The molecule has 1 fully saturated rings. The van der Waals surface area contributed by atoms with Crippen LogP contribution in [0.2, 0.25) is 0 Å². The number of aliphatic carboxylic acids is 2. The quantitative estimate of drug-likeness (QED) is 0.0293. The zero-order valence-electron chi connectivity index (χ0n) is 68.2. The normalized spacial score (nSPS) is 20.8. The second-order valence-corrected chi connectivity index (χ2v) is 31.3. The lowest BCUT2D eigenvalue weighted by molar-refractivity contribution is -0.142. The van der Waals surface area contributed by atoms with Crippen molar-refractivity contribution in [2.75, 3.05) is 18.8 Å². The monoisotopic (exact) mass is 1700 g/mol. The number of nitrogens with one attached hydrogen (secondary N) is 12. The van der Waals surface area contributed by atoms with E-state index in [1.165, 1.54) is 48.6 Å². The van der Waals surface area contributed by atoms with Crippen molar-refractivity contribution in [3.8, 4) is 11.5 Å².